The summed E-state index contributed by atoms with van der Waals surface area (Å²) in [5.74, 6) is 0. The molecule has 0 bridgehead atoms. The van der Waals surface area contributed by atoms with Gasteiger partial charge in [0.05, 0.1) is 30.3 Å². The van der Waals surface area contributed by atoms with Crippen LogP contribution in [-0.4, -0.2) is 23.2 Å². The van der Waals surface area contributed by atoms with Crippen molar-refractivity contribution in [2.45, 2.75) is 27.1 Å². The minimum absolute atomic E-state index is 0.318. The molecule has 1 aliphatic rings. The van der Waals surface area contributed by atoms with Gasteiger partial charge >= 0.3 is 0 Å². The fraction of sp³-hybridized carbons (Fsp3) is 0.600. The molecule has 0 amide bonds. The number of hydrogen-bond acceptors (Lipinski definition) is 4. The van der Waals surface area contributed by atoms with E-state index in [1.807, 2.05) is 20.8 Å². The average molecular weight is 194 g/mol. The van der Waals surface area contributed by atoms with Gasteiger partial charge in [-0.05, 0) is 20.8 Å². The molecule has 1 aromatic rings. The van der Waals surface area contributed by atoms with E-state index >= 15 is 0 Å². The molecule has 4 nitrogen and oxygen atoms in total. The van der Waals surface area contributed by atoms with E-state index in [1.165, 1.54) is 0 Å². The Bertz CT molecular complexity index is 346. The van der Waals surface area contributed by atoms with Gasteiger partial charge in [0.1, 0.15) is 5.69 Å². The number of hydrogen-bond donors (Lipinski definition) is 0. The lowest BCUT2D eigenvalue weighted by Gasteiger charge is -2.12. The van der Waals surface area contributed by atoms with Crippen molar-refractivity contribution in [1.29, 1.82) is 0 Å². The first-order valence-electron chi connectivity index (χ1n) is 4.73. The standard InChI is InChI=1S/C10H14N2O2/c1-6-7(2)12-9(8(3)11-6)10-13-4-5-14-10/h10H,4-5H2,1-3H3. The van der Waals surface area contributed by atoms with Crippen molar-refractivity contribution in [2.24, 2.45) is 0 Å². The van der Waals surface area contributed by atoms with E-state index < -0.39 is 0 Å². The Morgan fingerprint density at radius 1 is 0.929 bits per heavy atom. The van der Waals surface area contributed by atoms with Gasteiger partial charge in [-0.2, -0.15) is 0 Å². The van der Waals surface area contributed by atoms with Gasteiger partial charge in [-0.1, -0.05) is 0 Å². The van der Waals surface area contributed by atoms with E-state index in [2.05, 4.69) is 9.97 Å². The lowest BCUT2D eigenvalue weighted by molar-refractivity contribution is -0.0481. The molecule has 2 heterocycles. The van der Waals surface area contributed by atoms with E-state index in [-0.39, 0.29) is 6.29 Å². The van der Waals surface area contributed by atoms with Crippen LogP contribution in [0.15, 0.2) is 0 Å². The smallest absolute Gasteiger partial charge is 0.203 e. The van der Waals surface area contributed by atoms with Gasteiger partial charge in [-0.15, -0.1) is 0 Å². The Hall–Kier alpha value is -1.00. The zero-order valence-corrected chi connectivity index (χ0v) is 8.70. The molecule has 14 heavy (non-hydrogen) atoms. The van der Waals surface area contributed by atoms with Gasteiger partial charge in [0.25, 0.3) is 0 Å². The summed E-state index contributed by atoms with van der Waals surface area (Å²) in [4.78, 5) is 8.84. The molecule has 76 valence electrons. The molecule has 0 atom stereocenters. The van der Waals surface area contributed by atoms with Crippen molar-refractivity contribution < 1.29 is 9.47 Å². The summed E-state index contributed by atoms with van der Waals surface area (Å²) < 4.78 is 10.8. The van der Waals surface area contributed by atoms with Crippen molar-refractivity contribution in [2.75, 3.05) is 13.2 Å². The van der Waals surface area contributed by atoms with Crippen LogP contribution < -0.4 is 0 Å². The van der Waals surface area contributed by atoms with Crippen molar-refractivity contribution in [1.82, 2.24) is 9.97 Å². The summed E-state index contributed by atoms with van der Waals surface area (Å²) in [6, 6.07) is 0. The van der Waals surface area contributed by atoms with Crippen molar-refractivity contribution in [3.05, 3.63) is 22.8 Å². The quantitative estimate of drug-likeness (QED) is 0.678. The highest BCUT2D eigenvalue weighted by atomic mass is 16.7. The van der Waals surface area contributed by atoms with Crippen LogP contribution in [0.1, 0.15) is 29.1 Å². The molecule has 0 saturated carbocycles. The maximum absolute atomic E-state index is 5.39. The Balaban J connectivity index is 2.37. The monoisotopic (exact) mass is 194 g/mol. The summed E-state index contributed by atoms with van der Waals surface area (Å²) >= 11 is 0. The fourth-order valence-electron chi connectivity index (χ4n) is 1.47. The van der Waals surface area contributed by atoms with Gasteiger partial charge < -0.3 is 9.47 Å². The van der Waals surface area contributed by atoms with Crippen LogP contribution in [0.25, 0.3) is 0 Å². The zero-order chi connectivity index (χ0) is 10.1. The second-order valence-electron chi connectivity index (χ2n) is 3.44. The number of aryl methyl sites for hydroxylation is 3. The maximum atomic E-state index is 5.39. The summed E-state index contributed by atoms with van der Waals surface area (Å²) in [5.41, 5.74) is 3.60. The predicted molar refractivity (Wildman–Crippen MR) is 50.9 cm³/mol. The molecule has 0 aromatic carbocycles. The third-order valence-electron chi connectivity index (χ3n) is 2.36. The van der Waals surface area contributed by atoms with E-state index in [0.29, 0.717) is 13.2 Å². The number of aromatic nitrogens is 2. The van der Waals surface area contributed by atoms with Crippen LogP contribution in [0.3, 0.4) is 0 Å². The van der Waals surface area contributed by atoms with Crippen LogP contribution in [0.5, 0.6) is 0 Å². The van der Waals surface area contributed by atoms with Gasteiger partial charge in [0, 0.05) is 0 Å². The summed E-state index contributed by atoms with van der Waals surface area (Å²) in [6.45, 7) is 7.10. The second-order valence-corrected chi connectivity index (χ2v) is 3.44. The van der Waals surface area contributed by atoms with Gasteiger partial charge in [-0.25, -0.2) is 4.98 Å². The molecule has 0 unspecified atom stereocenters. The number of ether oxygens (including phenoxy) is 2. The summed E-state index contributed by atoms with van der Waals surface area (Å²) in [7, 11) is 0. The van der Waals surface area contributed by atoms with Gasteiger partial charge in [0.2, 0.25) is 6.29 Å². The molecular weight excluding hydrogens is 180 g/mol. The highest BCUT2D eigenvalue weighted by Gasteiger charge is 2.22. The Kier molecular flexibility index (Phi) is 2.48. The third-order valence-corrected chi connectivity index (χ3v) is 2.36. The lowest BCUT2D eigenvalue weighted by Crippen LogP contribution is -2.08. The molecule has 0 spiro atoms. The third kappa shape index (κ3) is 1.63. The molecule has 2 rings (SSSR count). The van der Waals surface area contributed by atoms with Crippen LogP contribution in [-0.2, 0) is 9.47 Å². The summed E-state index contributed by atoms with van der Waals surface area (Å²) in [6.07, 6.45) is -0.318. The van der Waals surface area contributed by atoms with Crippen molar-refractivity contribution in [3.8, 4) is 0 Å². The largest absolute Gasteiger partial charge is 0.345 e. The molecule has 0 N–H and O–H groups in total. The molecule has 1 fully saturated rings. The topological polar surface area (TPSA) is 44.2 Å². The molecule has 1 aliphatic heterocycles. The van der Waals surface area contributed by atoms with Crippen LogP contribution in [0, 0.1) is 20.8 Å². The van der Waals surface area contributed by atoms with E-state index in [9.17, 15) is 0 Å². The number of rotatable bonds is 1. The average Bonchev–Trinajstić information content (AvgIpc) is 2.64. The number of nitrogens with zero attached hydrogens (tertiary/aromatic N) is 2. The Morgan fingerprint density at radius 3 is 2.14 bits per heavy atom. The maximum Gasteiger partial charge on any atom is 0.203 e. The van der Waals surface area contributed by atoms with Crippen molar-refractivity contribution >= 4 is 0 Å². The SMILES string of the molecule is Cc1nc(C)c(C2OCCO2)nc1C. The Morgan fingerprint density at radius 2 is 1.50 bits per heavy atom. The molecule has 1 aromatic heterocycles. The predicted octanol–water partition coefficient (Wildman–Crippen LogP) is 1.45. The summed E-state index contributed by atoms with van der Waals surface area (Å²) in [5, 5.41) is 0. The molecule has 1 saturated heterocycles. The van der Waals surface area contributed by atoms with E-state index in [1.54, 1.807) is 0 Å². The van der Waals surface area contributed by atoms with E-state index in [0.717, 1.165) is 22.8 Å². The lowest BCUT2D eigenvalue weighted by atomic mass is 10.2. The van der Waals surface area contributed by atoms with Crippen LogP contribution in [0.4, 0.5) is 0 Å². The van der Waals surface area contributed by atoms with E-state index in [4.69, 9.17) is 9.47 Å². The second kappa shape index (κ2) is 3.63. The highest BCUT2D eigenvalue weighted by molar-refractivity contribution is 5.18. The Labute approximate surface area is 83.3 Å². The van der Waals surface area contributed by atoms with Crippen LogP contribution >= 0.6 is 0 Å². The van der Waals surface area contributed by atoms with Crippen LogP contribution in [0.2, 0.25) is 0 Å². The molecule has 4 heteroatoms. The highest BCUT2D eigenvalue weighted by Crippen LogP contribution is 2.23. The molecule has 0 radical (unpaired) electrons. The molecular formula is C10H14N2O2. The van der Waals surface area contributed by atoms with Gasteiger partial charge in [-0.3, -0.25) is 4.98 Å². The molecule has 0 aliphatic carbocycles. The normalized spacial score (nSPS) is 17.6. The minimum atomic E-state index is -0.318. The van der Waals surface area contributed by atoms with Crippen molar-refractivity contribution in [3.63, 3.8) is 0 Å². The first-order valence-corrected chi connectivity index (χ1v) is 4.73. The minimum Gasteiger partial charge on any atom is -0.345 e. The zero-order valence-electron chi connectivity index (χ0n) is 8.70. The first kappa shape index (κ1) is 9.55. The first-order chi connectivity index (χ1) is 6.68. The van der Waals surface area contributed by atoms with Gasteiger partial charge in [0.15, 0.2) is 0 Å². The fourth-order valence-corrected chi connectivity index (χ4v) is 1.47.